The fraction of sp³-hybridized carbons (Fsp3) is 0.538. The minimum Gasteiger partial charge on any atom is -0.263 e. The van der Waals surface area contributed by atoms with Gasteiger partial charge < -0.3 is 0 Å². The third kappa shape index (κ3) is 5.44. The van der Waals surface area contributed by atoms with E-state index in [2.05, 4.69) is 63.2 Å². The molecule has 0 aromatic heterocycles. The molecule has 0 aliphatic heterocycles. The Morgan fingerprint density at radius 3 is 1.80 bits per heavy atom. The van der Waals surface area contributed by atoms with Gasteiger partial charge in [-0.25, -0.2) is 5.57 Å². The summed E-state index contributed by atoms with van der Waals surface area (Å²) in [6, 6.07) is 0. The van der Waals surface area contributed by atoms with Gasteiger partial charge in [-0.2, -0.15) is 11.1 Å². The first-order valence-corrected chi connectivity index (χ1v) is 5.96. The van der Waals surface area contributed by atoms with Gasteiger partial charge in [0.05, 0.1) is 0 Å². The van der Waals surface area contributed by atoms with Gasteiger partial charge in [0.2, 0.25) is 0 Å². The molecule has 1 aliphatic rings. The maximum absolute atomic E-state index is 3.44. The zero-order chi connectivity index (χ0) is 11.4. The van der Waals surface area contributed by atoms with E-state index in [1.807, 2.05) is 0 Å². The zero-order valence-corrected chi connectivity index (χ0v) is 15.5. The van der Waals surface area contributed by atoms with Gasteiger partial charge in [0.25, 0.3) is 0 Å². The maximum Gasteiger partial charge on any atom is 0.0209 e. The Bertz CT molecular complexity index is 272. The summed E-state index contributed by atoms with van der Waals surface area (Å²) in [5.41, 5.74) is 4.39. The molecule has 1 rings (SSSR count). The molecule has 0 saturated carbocycles. The normalized spacial score (nSPS) is 17.3. The van der Waals surface area contributed by atoms with E-state index in [1.165, 1.54) is 16.7 Å². The van der Waals surface area contributed by atoms with Gasteiger partial charge in [-0.05, 0) is 0 Å². The summed E-state index contributed by atoms with van der Waals surface area (Å²) in [6.07, 6.45) is 5.23. The molecule has 0 amide bonds. The van der Waals surface area contributed by atoms with Gasteiger partial charge in [0.15, 0.2) is 0 Å². The van der Waals surface area contributed by atoms with Crippen molar-refractivity contribution in [2.45, 2.75) is 34.6 Å². The van der Waals surface area contributed by atoms with Crippen LogP contribution in [-0.2, 0) is 25.8 Å². The molecule has 0 heterocycles. The molecule has 0 spiro atoms. The van der Waals surface area contributed by atoms with Gasteiger partial charge in [-0.15, -0.1) is 13.5 Å². The Balaban J connectivity index is 0. The van der Waals surface area contributed by atoms with Crippen molar-refractivity contribution in [2.24, 2.45) is 5.41 Å². The molecule has 0 atom stereocenters. The zero-order valence-electron chi connectivity index (χ0n) is 10.4. The van der Waals surface area contributed by atoms with Crippen molar-refractivity contribution in [3.63, 3.8) is 0 Å². The number of hydrogen-bond acceptors (Lipinski definition) is 0. The minimum absolute atomic E-state index is 0. The number of halogens is 1. The van der Waals surface area contributed by atoms with Crippen LogP contribution >= 0.6 is 15.9 Å². The van der Waals surface area contributed by atoms with Gasteiger partial charge in [-0.3, -0.25) is 6.08 Å². The van der Waals surface area contributed by atoms with Crippen molar-refractivity contribution in [2.75, 3.05) is 5.33 Å². The molecular formula is C13H20BrHf-. The van der Waals surface area contributed by atoms with Crippen LogP contribution in [0.1, 0.15) is 34.6 Å². The van der Waals surface area contributed by atoms with Crippen LogP contribution in [0.4, 0.5) is 0 Å². The largest absolute Gasteiger partial charge is 0.263 e. The van der Waals surface area contributed by atoms with Crippen LogP contribution in [0, 0.1) is 11.5 Å². The van der Waals surface area contributed by atoms with Crippen molar-refractivity contribution in [3.8, 4) is 0 Å². The first-order valence-electron chi connectivity index (χ1n) is 4.83. The smallest absolute Gasteiger partial charge is 0.0209 e. The van der Waals surface area contributed by atoms with E-state index in [0.717, 1.165) is 5.33 Å². The molecule has 2 heteroatoms. The monoisotopic (exact) mass is 435 g/mol. The SMILES string of the molecule is C=CCBr.CC1=[C-]C(C)(C)C(C)=C1C.[Hf]. The maximum atomic E-state index is 3.44. The second-order valence-corrected chi connectivity index (χ2v) is 4.72. The van der Waals surface area contributed by atoms with Crippen LogP contribution in [0.3, 0.4) is 0 Å². The molecule has 15 heavy (non-hydrogen) atoms. The average Bonchev–Trinajstić information content (AvgIpc) is 2.30. The summed E-state index contributed by atoms with van der Waals surface area (Å²) >= 11 is 3.13. The molecule has 1 aliphatic carbocycles. The molecule has 84 valence electrons. The van der Waals surface area contributed by atoms with E-state index in [0.29, 0.717) is 0 Å². The Kier molecular flexibility index (Phi) is 9.31. The van der Waals surface area contributed by atoms with Gasteiger partial charge >= 0.3 is 0 Å². The minimum atomic E-state index is 0. The number of hydrogen-bond donors (Lipinski definition) is 0. The van der Waals surface area contributed by atoms with Crippen LogP contribution in [0.15, 0.2) is 29.4 Å². The third-order valence-corrected chi connectivity index (χ3v) is 3.13. The number of allylic oxidation sites excluding steroid dienone is 5. The number of rotatable bonds is 1. The summed E-state index contributed by atoms with van der Waals surface area (Å²) in [7, 11) is 0. The molecule has 0 nitrogen and oxygen atoms in total. The van der Waals surface area contributed by atoms with Gasteiger partial charge in [0, 0.05) is 31.2 Å². The summed E-state index contributed by atoms with van der Waals surface area (Å²) in [5.74, 6) is 0. The standard InChI is InChI=1S/C10H15.C3H5Br.Hf/c1-7-6-10(4,5)9(3)8(7)2;1-2-3-4;/h1-5H3;2H,1,3H2;/q-1;;. The Hall–Kier alpha value is 0.570. The Morgan fingerprint density at radius 2 is 1.73 bits per heavy atom. The summed E-state index contributed by atoms with van der Waals surface area (Å²) in [6.45, 7) is 14.4. The van der Waals surface area contributed by atoms with Crippen molar-refractivity contribution in [3.05, 3.63) is 35.5 Å². The van der Waals surface area contributed by atoms with Gasteiger partial charge in [0.1, 0.15) is 0 Å². The van der Waals surface area contributed by atoms with Crippen molar-refractivity contribution >= 4 is 15.9 Å². The Morgan fingerprint density at radius 1 is 1.33 bits per heavy atom. The molecule has 0 saturated heterocycles. The molecule has 0 fully saturated rings. The molecular weight excluding hydrogens is 415 g/mol. The topological polar surface area (TPSA) is 0 Å². The number of alkyl halides is 1. The summed E-state index contributed by atoms with van der Waals surface area (Å²) in [4.78, 5) is 0. The summed E-state index contributed by atoms with van der Waals surface area (Å²) in [5, 5.41) is 0.896. The fourth-order valence-corrected chi connectivity index (χ4v) is 1.41. The molecule has 0 unspecified atom stereocenters. The van der Waals surface area contributed by atoms with E-state index >= 15 is 0 Å². The fourth-order valence-electron chi connectivity index (χ4n) is 1.41. The Labute approximate surface area is 122 Å². The van der Waals surface area contributed by atoms with E-state index in [4.69, 9.17) is 0 Å². The predicted octanol–water partition coefficient (Wildman–Crippen LogP) is 4.68. The summed E-state index contributed by atoms with van der Waals surface area (Å²) < 4.78 is 0. The quantitative estimate of drug-likeness (QED) is 0.243. The van der Waals surface area contributed by atoms with E-state index in [-0.39, 0.29) is 31.3 Å². The third-order valence-electron chi connectivity index (χ3n) is 2.67. The second kappa shape index (κ2) is 7.78. The second-order valence-electron chi connectivity index (χ2n) is 4.07. The predicted molar refractivity (Wildman–Crippen MR) is 68.6 cm³/mol. The van der Waals surface area contributed by atoms with Crippen molar-refractivity contribution < 1.29 is 25.8 Å². The first kappa shape index (κ1) is 17.9. The van der Waals surface area contributed by atoms with Crippen LogP contribution in [0.5, 0.6) is 0 Å². The molecule has 0 bridgehead atoms. The van der Waals surface area contributed by atoms with Crippen molar-refractivity contribution in [1.29, 1.82) is 0 Å². The van der Waals surface area contributed by atoms with E-state index in [9.17, 15) is 0 Å². The van der Waals surface area contributed by atoms with Crippen LogP contribution in [-0.4, -0.2) is 5.33 Å². The first-order chi connectivity index (χ1) is 6.36. The van der Waals surface area contributed by atoms with Crippen LogP contribution in [0.2, 0.25) is 0 Å². The molecule has 0 N–H and O–H groups in total. The molecule has 0 radical (unpaired) electrons. The van der Waals surface area contributed by atoms with Crippen LogP contribution < -0.4 is 0 Å². The van der Waals surface area contributed by atoms with Crippen LogP contribution in [0.25, 0.3) is 0 Å². The molecule has 0 aromatic carbocycles. The van der Waals surface area contributed by atoms with Gasteiger partial charge in [-0.1, -0.05) is 55.1 Å². The van der Waals surface area contributed by atoms with Crippen molar-refractivity contribution in [1.82, 2.24) is 0 Å². The molecule has 0 aromatic rings. The van der Waals surface area contributed by atoms with E-state index in [1.54, 1.807) is 6.08 Å². The average molecular weight is 435 g/mol. The van der Waals surface area contributed by atoms with E-state index < -0.39 is 0 Å².